The molecule has 0 aliphatic carbocycles. The molecule has 2 N–H and O–H groups in total. The third-order valence-electron chi connectivity index (χ3n) is 5.91. The second kappa shape index (κ2) is 7.70. The first-order chi connectivity index (χ1) is 15.3. The average molecular weight is 445 g/mol. The second-order valence-corrected chi connectivity index (χ2v) is 8.05. The maximum absolute atomic E-state index is 13.9. The largest absolute Gasteiger partial charge is 0.416 e. The lowest BCUT2D eigenvalue weighted by Gasteiger charge is -2.30. The summed E-state index contributed by atoms with van der Waals surface area (Å²) in [4.78, 5) is 28.9. The van der Waals surface area contributed by atoms with E-state index in [2.05, 4.69) is 24.8 Å². The van der Waals surface area contributed by atoms with Crippen LogP contribution in [0.15, 0.2) is 41.2 Å². The molecule has 32 heavy (non-hydrogen) atoms. The lowest BCUT2D eigenvalue weighted by Crippen LogP contribution is -2.34. The van der Waals surface area contributed by atoms with Gasteiger partial charge in [0, 0.05) is 5.92 Å². The molecule has 10 heteroatoms. The molecule has 2 aromatic heterocycles. The Labute approximate surface area is 179 Å². The standard InChI is InChI=1S/C22H19F4N5O/c23-15-2-1-3-16-19(15)30-20(28-16)12-6-8-31(9-7-12)11-18-27-17-10-13(22(24,25)26)4-5-14(17)21(32)29-18/h1-5,10,12H,6-9,11H2,(H,28,30)(H,27,29,32). The summed E-state index contributed by atoms with van der Waals surface area (Å²) < 4.78 is 52.9. The van der Waals surface area contributed by atoms with E-state index in [1.54, 1.807) is 12.1 Å². The predicted molar refractivity (Wildman–Crippen MR) is 111 cm³/mol. The van der Waals surface area contributed by atoms with E-state index >= 15 is 0 Å². The van der Waals surface area contributed by atoms with Gasteiger partial charge in [0.15, 0.2) is 5.82 Å². The third-order valence-corrected chi connectivity index (χ3v) is 5.91. The number of para-hydroxylation sites is 1. The molecule has 2 aromatic carbocycles. The van der Waals surface area contributed by atoms with Crippen LogP contribution in [0.3, 0.4) is 0 Å². The zero-order valence-electron chi connectivity index (χ0n) is 16.8. The van der Waals surface area contributed by atoms with Crippen molar-refractivity contribution in [2.75, 3.05) is 13.1 Å². The summed E-state index contributed by atoms with van der Waals surface area (Å²) in [6.07, 6.45) is -2.95. The summed E-state index contributed by atoms with van der Waals surface area (Å²) in [6, 6.07) is 7.74. The number of nitrogens with one attached hydrogen (secondary N) is 2. The first kappa shape index (κ1) is 20.6. The zero-order valence-corrected chi connectivity index (χ0v) is 16.8. The van der Waals surface area contributed by atoms with E-state index in [0.717, 1.165) is 36.9 Å². The maximum atomic E-state index is 13.9. The van der Waals surface area contributed by atoms with Gasteiger partial charge in [-0.15, -0.1) is 0 Å². The number of rotatable bonds is 3. The summed E-state index contributed by atoms with van der Waals surface area (Å²) in [7, 11) is 0. The van der Waals surface area contributed by atoms with E-state index < -0.39 is 17.3 Å². The molecule has 0 radical (unpaired) electrons. The number of halogens is 4. The highest BCUT2D eigenvalue weighted by Crippen LogP contribution is 2.31. The highest BCUT2D eigenvalue weighted by molar-refractivity contribution is 5.78. The minimum Gasteiger partial charge on any atom is -0.342 e. The number of H-pyrrole nitrogens is 2. The van der Waals surface area contributed by atoms with Gasteiger partial charge in [0.1, 0.15) is 17.2 Å². The molecule has 1 fully saturated rings. The number of fused-ring (bicyclic) bond motifs is 2. The predicted octanol–water partition coefficient (Wildman–Crippen LogP) is 4.34. The lowest BCUT2D eigenvalue weighted by molar-refractivity contribution is -0.137. The third kappa shape index (κ3) is 3.86. The Hall–Kier alpha value is -3.27. The molecule has 4 aromatic rings. The van der Waals surface area contributed by atoms with Gasteiger partial charge >= 0.3 is 6.18 Å². The van der Waals surface area contributed by atoms with Gasteiger partial charge in [0.05, 0.1) is 28.5 Å². The molecular formula is C22H19F4N5O. The van der Waals surface area contributed by atoms with Crippen LogP contribution in [0.5, 0.6) is 0 Å². The molecule has 1 aliphatic rings. The maximum Gasteiger partial charge on any atom is 0.416 e. The normalized spacial score (nSPS) is 16.2. The van der Waals surface area contributed by atoms with Crippen molar-refractivity contribution in [3.05, 3.63) is 69.8 Å². The number of piperidine rings is 1. The molecule has 0 unspecified atom stereocenters. The number of benzene rings is 2. The minimum atomic E-state index is -4.50. The number of alkyl halides is 3. The summed E-state index contributed by atoms with van der Waals surface area (Å²) in [5, 5.41) is 0.123. The monoisotopic (exact) mass is 445 g/mol. The fourth-order valence-electron chi connectivity index (χ4n) is 4.22. The van der Waals surface area contributed by atoms with Crippen molar-refractivity contribution in [1.29, 1.82) is 0 Å². The second-order valence-electron chi connectivity index (χ2n) is 8.05. The molecule has 0 atom stereocenters. The van der Waals surface area contributed by atoms with Crippen LogP contribution in [-0.4, -0.2) is 37.9 Å². The van der Waals surface area contributed by atoms with Gasteiger partial charge < -0.3 is 9.97 Å². The number of aromatic nitrogens is 4. The quantitative estimate of drug-likeness (QED) is 0.460. The van der Waals surface area contributed by atoms with Crippen LogP contribution in [0, 0.1) is 5.82 Å². The van der Waals surface area contributed by atoms with Crippen LogP contribution in [0.1, 0.15) is 36.0 Å². The minimum absolute atomic E-state index is 0.0257. The number of hydrogen-bond donors (Lipinski definition) is 2. The summed E-state index contributed by atoms with van der Waals surface area (Å²) in [5.74, 6) is 0.867. The molecule has 0 amide bonds. The van der Waals surface area contributed by atoms with Crippen molar-refractivity contribution in [2.45, 2.75) is 31.5 Å². The molecule has 166 valence electrons. The van der Waals surface area contributed by atoms with Crippen molar-refractivity contribution in [3.63, 3.8) is 0 Å². The highest BCUT2D eigenvalue weighted by Gasteiger charge is 2.31. The number of hydrogen-bond acceptors (Lipinski definition) is 4. The Bertz CT molecular complexity index is 1350. The van der Waals surface area contributed by atoms with Crippen LogP contribution in [0.25, 0.3) is 21.9 Å². The molecule has 6 nitrogen and oxygen atoms in total. The van der Waals surface area contributed by atoms with E-state index in [1.165, 1.54) is 6.07 Å². The molecule has 5 rings (SSSR count). The molecular weight excluding hydrogens is 426 g/mol. The topological polar surface area (TPSA) is 77.7 Å². The Morgan fingerprint density at radius 3 is 2.56 bits per heavy atom. The Morgan fingerprint density at radius 2 is 1.84 bits per heavy atom. The fourth-order valence-corrected chi connectivity index (χ4v) is 4.22. The van der Waals surface area contributed by atoms with Crippen molar-refractivity contribution < 1.29 is 17.6 Å². The van der Waals surface area contributed by atoms with Gasteiger partial charge in [-0.3, -0.25) is 9.69 Å². The van der Waals surface area contributed by atoms with Crippen molar-refractivity contribution >= 4 is 21.9 Å². The Balaban J connectivity index is 1.31. The van der Waals surface area contributed by atoms with E-state index in [4.69, 9.17) is 0 Å². The van der Waals surface area contributed by atoms with E-state index in [9.17, 15) is 22.4 Å². The van der Waals surface area contributed by atoms with Gasteiger partial charge in [-0.2, -0.15) is 13.2 Å². The lowest BCUT2D eigenvalue weighted by atomic mass is 9.96. The highest BCUT2D eigenvalue weighted by atomic mass is 19.4. The molecule has 1 saturated heterocycles. The number of aromatic amines is 2. The Kier molecular flexibility index (Phi) is 4.96. The molecule has 0 bridgehead atoms. The van der Waals surface area contributed by atoms with Crippen LogP contribution in [-0.2, 0) is 12.7 Å². The van der Waals surface area contributed by atoms with Gasteiger partial charge in [-0.1, -0.05) is 6.07 Å². The Morgan fingerprint density at radius 1 is 1.06 bits per heavy atom. The van der Waals surface area contributed by atoms with Gasteiger partial charge in [0.2, 0.25) is 0 Å². The molecule has 1 aliphatic heterocycles. The van der Waals surface area contributed by atoms with E-state index in [1.807, 2.05) is 0 Å². The molecule has 3 heterocycles. The fraction of sp³-hybridized carbons (Fsp3) is 0.318. The summed E-state index contributed by atoms with van der Waals surface area (Å²) >= 11 is 0. The summed E-state index contributed by atoms with van der Waals surface area (Å²) in [6.45, 7) is 1.70. The van der Waals surface area contributed by atoms with E-state index in [0.29, 0.717) is 36.5 Å². The summed E-state index contributed by atoms with van der Waals surface area (Å²) in [5.41, 5.74) is -0.271. The van der Waals surface area contributed by atoms with Crippen LogP contribution in [0.2, 0.25) is 0 Å². The number of imidazole rings is 1. The first-order valence-electron chi connectivity index (χ1n) is 10.2. The van der Waals surface area contributed by atoms with Gasteiger partial charge in [-0.25, -0.2) is 14.4 Å². The van der Waals surface area contributed by atoms with Crippen molar-refractivity contribution in [1.82, 2.24) is 24.8 Å². The van der Waals surface area contributed by atoms with Crippen molar-refractivity contribution in [3.8, 4) is 0 Å². The molecule has 0 spiro atoms. The van der Waals surface area contributed by atoms with Gasteiger partial charge in [0.25, 0.3) is 5.56 Å². The first-order valence-corrected chi connectivity index (χ1v) is 10.2. The van der Waals surface area contributed by atoms with E-state index in [-0.39, 0.29) is 22.6 Å². The molecule has 0 saturated carbocycles. The SMILES string of the molecule is O=c1[nH]c(CN2CCC(c3nc4c(F)cccc4[nH]3)CC2)nc2cc(C(F)(F)F)ccc12. The van der Waals surface area contributed by atoms with Gasteiger partial charge in [-0.05, 0) is 56.3 Å². The number of nitrogens with zero attached hydrogens (tertiary/aromatic N) is 3. The van der Waals surface area contributed by atoms with Crippen LogP contribution < -0.4 is 5.56 Å². The number of likely N-dealkylation sites (tertiary alicyclic amines) is 1. The zero-order chi connectivity index (χ0) is 22.5. The van der Waals surface area contributed by atoms with Crippen molar-refractivity contribution in [2.24, 2.45) is 0 Å². The van der Waals surface area contributed by atoms with Crippen LogP contribution >= 0.6 is 0 Å². The van der Waals surface area contributed by atoms with Crippen LogP contribution in [0.4, 0.5) is 17.6 Å². The smallest absolute Gasteiger partial charge is 0.342 e. The average Bonchev–Trinajstić information content (AvgIpc) is 3.19.